The largest absolute Gasteiger partial charge is 0.310 e. The van der Waals surface area contributed by atoms with E-state index < -0.39 is 9.84 Å². The Labute approximate surface area is 118 Å². The van der Waals surface area contributed by atoms with E-state index in [9.17, 15) is 8.42 Å². The summed E-state index contributed by atoms with van der Waals surface area (Å²) in [6.07, 6.45) is 4.91. The van der Waals surface area contributed by atoms with E-state index in [1.807, 2.05) is 0 Å². The zero-order chi connectivity index (χ0) is 13.5. The third-order valence-corrected chi connectivity index (χ3v) is 5.61. The van der Waals surface area contributed by atoms with E-state index in [0.717, 1.165) is 11.1 Å². The van der Waals surface area contributed by atoms with Gasteiger partial charge in [0.1, 0.15) is 0 Å². The molecule has 2 aliphatic rings. The van der Waals surface area contributed by atoms with E-state index in [4.69, 9.17) is 11.6 Å². The normalized spacial score (nSPS) is 21.4. The van der Waals surface area contributed by atoms with Crippen molar-refractivity contribution in [2.45, 2.75) is 36.6 Å². The molecule has 3 nitrogen and oxygen atoms in total. The minimum Gasteiger partial charge on any atom is -0.310 e. The maximum absolute atomic E-state index is 12.0. The van der Waals surface area contributed by atoms with Crippen LogP contribution in [0, 0.1) is 0 Å². The van der Waals surface area contributed by atoms with Crippen LogP contribution in [0.15, 0.2) is 28.5 Å². The average Bonchev–Trinajstić information content (AvgIpc) is 2.94. The van der Waals surface area contributed by atoms with Crippen LogP contribution < -0.4 is 5.32 Å². The van der Waals surface area contributed by atoms with Crippen LogP contribution in [0.1, 0.15) is 31.2 Å². The van der Waals surface area contributed by atoms with Gasteiger partial charge in [-0.2, -0.15) is 0 Å². The molecule has 3 rings (SSSR count). The second-order valence-electron chi connectivity index (χ2n) is 5.19. The first-order valence-corrected chi connectivity index (χ1v) is 8.48. The zero-order valence-corrected chi connectivity index (χ0v) is 12.1. The predicted molar refractivity (Wildman–Crippen MR) is 76.9 cm³/mol. The molecule has 0 amide bonds. The first-order chi connectivity index (χ1) is 9.06. The monoisotopic (exact) mass is 297 g/mol. The molecule has 1 heterocycles. The maximum Gasteiger partial charge on any atom is 0.200 e. The summed E-state index contributed by atoms with van der Waals surface area (Å²) in [5, 5.41) is 5.28. The fourth-order valence-electron chi connectivity index (χ4n) is 2.83. The summed E-state index contributed by atoms with van der Waals surface area (Å²) < 4.78 is 24.1. The Morgan fingerprint density at radius 2 is 2.00 bits per heavy atom. The standard InChI is InChI=1S/C14H16ClNO2S/c15-11-5-6-13-10(8-16-12-3-1-2-4-12)9-19(17,18)14(13)7-11/h5-7,9,12,16H,1-4,8H2. The maximum atomic E-state index is 12.0. The van der Waals surface area contributed by atoms with Crippen LogP contribution in [0.4, 0.5) is 0 Å². The summed E-state index contributed by atoms with van der Waals surface area (Å²) in [4.78, 5) is 0.336. The molecule has 0 bridgehead atoms. The summed E-state index contributed by atoms with van der Waals surface area (Å²) in [6.45, 7) is 0.610. The fraction of sp³-hybridized carbons (Fsp3) is 0.429. The molecular formula is C14H16ClNO2S. The lowest BCUT2D eigenvalue weighted by Gasteiger charge is -2.12. The minimum atomic E-state index is -3.31. The Balaban J connectivity index is 1.83. The van der Waals surface area contributed by atoms with Crippen molar-refractivity contribution in [3.8, 4) is 0 Å². The van der Waals surface area contributed by atoms with Gasteiger partial charge in [-0.3, -0.25) is 0 Å². The molecule has 0 aromatic heterocycles. The van der Waals surface area contributed by atoms with Crippen molar-refractivity contribution < 1.29 is 8.42 Å². The highest BCUT2D eigenvalue weighted by atomic mass is 35.5. The highest BCUT2D eigenvalue weighted by Gasteiger charge is 2.27. The van der Waals surface area contributed by atoms with Gasteiger partial charge in [0.05, 0.1) is 4.90 Å². The molecular weight excluding hydrogens is 282 g/mol. The summed E-state index contributed by atoms with van der Waals surface area (Å²) in [7, 11) is -3.31. The lowest BCUT2D eigenvalue weighted by molar-refractivity contribution is 0.560. The molecule has 1 aliphatic carbocycles. The molecule has 0 unspecified atom stereocenters. The predicted octanol–water partition coefficient (Wildman–Crippen LogP) is 3.00. The van der Waals surface area contributed by atoms with Crippen LogP contribution in [-0.2, 0) is 9.84 Å². The second kappa shape index (κ2) is 4.93. The molecule has 0 spiro atoms. The van der Waals surface area contributed by atoms with Crippen LogP contribution in [0.25, 0.3) is 5.57 Å². The van der Waals surface area contributed by atoms with Crippen molar-refractivity contribution in [1.82, 2.24) is 5.32 Å². The van der Waals surface area contributed by atoms with Gasteiger partial charge >= 0.3 is 0 Å². The van der Waals surface area contributed by atoms with Crippen LogP contribution in [0.5, 0.6) is 0 Å². The fourth-order valence-corrected chi connectivity index (χ4v) is 4.58. The van der Waals surface area contributed by atoms with E-state index in [1.54, 1.807) is 12.1 Å². The van der Waals surface area contributed by atoms with Crippen molar-refractivity contribution in [3.05, 3.63) is 34.2 Å². The molecule has 0 radical (unpaired) electrons. The zero-order valence-electron chi connectivity index (χ0n) is 10.5. The van der Waals surface area contributed by atoms with E-state index >= 15 is 0 Å². The Bertz CT molecular complexity index is 631. The van der Waals surface area contributed by atoms with Gasteiger partial charge in [0.25, 0.3) is 0 Å². The van der Waals surface area contributed by atoms with Gasteiger partial charge in [-0.25, -0.2) is 8.42 Å². The molecule has 0 saturated heterocycles. The van der Waals surface area contributed by atoms with Crippen molar-refractivity contribution in [1.29, 1.82) is 0 Å². The summed E-state index contributed by atoms with van der Waals surface area (Å²) >= 11 is 5.88. The van der Waals surface area contributed by atoms with Gasteiger partial charge in [-0.05, 0) is 36.1 Å². The Hall–Kier alpha value is -0.840. The van der Waals surface area contributed by atoms with Crippen LogP contribution in [-0.4, -0.2) is 21.0 Å². The number of rotatable bonds is 3. The average molecular weight is 298 g/mol. The number of sulfone groups is 1. The number of benzene rings is 1. The molecule has 1 fully saturated rings. The molecule has 1 N–H and O–H groups in total. The SMILES string of the molecule is O=S1(=O)C=C(CNC2CCCC2)c2ccc(Cl)cc21. The summed E-state index contributed by atoms with van der Waals surface area (Å²) in [6, 6.07) is 5.60. The van der Waals surface area contributed by atoms with Crippen molar-refractivity contribution in [3.63, 3.8) is 0 Å². The van der Waals surface area contributed by atoms with Gasteiger partial charge in [-0.1, -0.05) is 30.5 Å². The first-order valence-electron chi connectivity index (χ1n) is 6.55. The van der Waals surface area contributed by atoms with Crippen LogP contribution in [0.3, 0.4) is 0 Å². The molecule has 5 heteroatoms. The molecule has 1 aliphatic heterocycles. The molecule has 102 valence electrons. The smallest absolute Gasteiger partial charge is 0.200 e. The van der Waals surface area contributed by atoms with E-state index in [0.29, 0.717) is 22.5 Å². The number of fused-ring (bicyclic) bond motifs is 1. The molecule has 1 aromatic rings. The van der Waals surface area contributed by atoms with Crippen molar-refractivity contribution in [2.75, 3.05) is 6.54 Å². The van der Waals surface area contributed by atoms with Crippen LogP contribution >= 0.6 is 11.6 Å². The van der Waals surface area contributed by atoms with E-state index in [2.05, 4.69) is 5.32 Å². The quantitative estimate of drug-likeness (QED) is 0.933. The van der Waals surface area contributed by atoms with Gasteiger partial charge in [0.2, 0.25) is 9.84 Å². The minimum absolute atomic E-state index is 0.336. The van der Waals surface area contributed by atoms with Gasteiger partial charge < -0.3 is 5.32 Å². The summed E-state index contributed by atoms with van der Waals surface area (Å²) in [5.41, 5.74) is 1.63. The third-order valence-electron chi connectivity index (χ3n) is 3.83. The highest BCUT2D eigenvalue weighted by Crippen LogP contribution is 2.35. The topological polar surface area (TPSA) is 46.2 Å². The van der Waals surface area contributed by atoms with Gasteiger partial charge in [0.15, 0.2) is 0 Å². The second-order valence-corrected chi connectivity index (χ2v) is 7.39. The Morgan fingerprint density at radius 1 is 1.26 bits per heavy atom. The van der Waals surface area contributed by atoms with Crippen molar-refractivity contribution in [2.24, 2.45) is 0 Å². The number of nitrogens with one attached hydrogen (secondary N) is 1. The third kappa shape index (κ3) is 2.57. The summed E-state index contributed by atoms with van der Waals surface area (Å²) in [5.74, 6) is 0. The molecule has 1 saturated carbocycles. The highest BCUT2D eigenvalue weighted by molar-refractivity contribution is 7.95. The lowest BCUT2D eigenvalue weighted by Crippen LogP contribution is -2.27. The molecule has 19 heavy (non-hydrogen) atoms. The van der Waals surface area contributed by atoms with E-state index in [-0.39, 0.29) is 0 Å². The first kappa shape index (κ1) is 13.2. The Morgan fingerprint density at radius 3 is 2.74 bits per heavy atom. The van der Waals surface area contributed by atoms with Gasteiger partial charge in [0, 0.05) is 23.0 Å². The number of hydrogen-bond donors (Lipinski definition) is 1. The van der Waals surface area contributed by atoms with Crippen LogP contribution in [0.2, 0.25) is 5.02 Å². The molecule has 1 aromatic carbocycles. The Kier molecular flexibility index (Phi) is 3.41. The van der Waals surface area contributed by atoms with Crippen molar-refractivity contribution >= 4 is 27.0 Å². The van der Waals surface area contributed by atoms with E-state index in [1.165, 1.54) is 37.2 Å². The van der Waals surface area contributed by atoms with Gasteiger partial charge in [-0.15, -0.1) is 0 Å². The number of halogens is 1. The number of hydrogen-bond acceptors (Lipinski definition) is 3. The lowest BCUT2D eigenvalue weighted by atomic mass is 10.1. The molecule has 0 atom stereocenters.